The molecule has 1 rings (SSSR count). The molecule has 3 N–H and O–H groups in total. The highest BCUT2D eigenvalue weighted by molar-refractivity contribution is 9.10. The second-order valence-corrected chi connectivity index (χ2v) is 5.77. The number of hydrogen-bond acceptors (Lipinski definition) is 3. The number of aliphatic hydroxyl groups excluding tert-OH is 1. The second-order valence-electron chi connectivity index (χ2n) is 4.41. The fraction of sp³-hybridized carbons (Fsp3) is 0.500. The maximum atomic E-state index is 9.31. The standard InChI is InChI=1S/C14H21BrN2OS/c1-3-11(4-2)17(7-8-18)13-6-5-10(15)9-12(13)14(16)19/h5-6,9,11,18H,3-4,7-8H2,1-2H3,(H2,16,19). The molecule has 1 aromatic rings. The molecule has 0 saturated carbocycles. The van der Waals surface area contributed by atoms with Crippen LogP contribution < -0.4 is 10.6 Å². The van der Waals surface area contributed by atoms with Gasteiger partial charge in [-0.15, -0.1) is 0 Å². The van der Waals surface area contributed by atoms with Crippen LogP contribution in [0, 0.1) is 0 Å². The average Bonchev–Trinajstić information content (AvgIpc) is 2.39. The van der Waals surface area contributed by atoms with E-state index in [1.54, 1.807) is 0 Å². The number of thiocarbonyl (C=S) groups is 1. The molecule has 0 aliphatic carbocycles. The number of hydrogen-bond donors (Lipinski definition) is 2. The number of rotatable bonds is 7. The van der Waals surface area contributed by atoms with E-state index in [1.165, 1.54) is 0 Å². The van der Waals surface area contributed by atoms with E-state index in [0.717, 1.165) is 28.6 Å². The molecule has 19 heavy (non-hydrogen) atoms. The molecule has 0 atom stereocenters. The summed E-state index contributed by atoms with van der Waals surface area (Å²) in [5, 5.41) is 9.31. The van der Waals surface area contributed by atoms with Gasteiger partial charge < -0.3 is 15.7 Å². The van der Waals surface area contributed by atoms with Crippen molar-refractivity contribution in [3.8, 4) is 0 Å². The molecule has 3 nitrogen and oxygen atoms in total. The number of anilines is 1. The van der Waals surface area contributed by atoms with Gasteiger partial charge in [0.15, 0.2) is 0 Å². The van der Waals surface area contributed by atoms with Gasteiger partial charge in [-0.2, -0.15) is 0 Å². The van der Waals surface area contributed by atoms with Crippen molar-refractivity contribution in [2.45, 2.75) is 32.7 Å². The van der Waals surface area contributed by atoms with Crippen LogP contribution in [0.15, 0.2) is 22.7 Å². The van der Waals surface area contributed by atoms with Crippen LogP contribution in [0.3, 0.4) is 0 Å². The molecule has 1 aromatic carbocycles. The summed E-state index contributed by atoms with van der Waals surface area (Å²) in [7, 11) is 0. The number of halogens is 1. The Labute approximate surface area is 128 Å². The minimum Gasteiger partial charge on any atom is -0.395 e. The van der Waals surface area contributed by atoms with Gasteiger partial charge in [0.05, 0.1) is 6.61 Å². The van der Waals surface area contributed by atoms with Crippen molar-refractivity contribution in [1.82, 2.24) is 0 Å². The molecule has 0 radical (unpaired) electrons. The Bertz CT molecular complexity index is 435. The minimum atomic E-state index is 0.114. The van der Waals surface area contributed by atoms with Crippen LogP contribution in [0.4, 0.5) is 5.69 Å². The van der Waals surface area contributed by atoms with Gasteiger partial charge >= 0.3 is 0 Å². The lowest BCUT2D eigenvalue weighted by atomic mass is 10.1. The van der Waals surface area contributed by atoms with Crippen LogP contribution in [0.1, 0.15) is 32.3 Å². The molecule has 0 bridgehead atoms. The Hall–Kier alpha value is -0.650. The molecule has 0 heterocycles. The van der Waals surface area contributed by atoms with E-state index in [9.17, 15) is 5.11 Å². The van der Waals surface area contributed by atoms with Gasteiger partial charge in [-0.3, -0.25) is 0 Å². The smallest absolute Gasteiger partial charge is 0.106 e. The summed E-state index contributed by atoms with van der Waals surface area (Å²) >= 11 is 8.58. The molecule has 5 heteroatoms. The first kappa shape index (κ1) is 16.4. The van der Waals surface area contributed by atoms with Crippen LogP contribution in [-0.2, 0) is 0 Å². The van der Waals surface area contributed by atoms with Crippen LogP contribution in [0.25, 0.3) is 0 Å². The summed E-state index contributed by atoms with van der Waals surface area (Å²) in [6, 6.07) is 6.29. The molecule has 0 unspecified atom stereocenters. The van der Waals surface area contributed by atoms with Crippen molar-refractivity contribution < 1.29 is 5.11 Å². The predicted octanol–water partition coefficient (Wildman–Crippen LogP) is 3.07. The molecule has 0 amide bonds. The fourth-order valence-electron chi connectivity index (χ4n) is 2.29. The van der Waals surface area contributed by atoms with Gasteiger partial charge in [0, 0.05) is 28.3 Å². The molecule has 106 valence electrons. The maximum absolute atomic E-state index is 9.31. The number of benzene rings is 1. The summed E-state index contributed by atoms with van der Waals surface area (Å²) in [5.74, 6) is 0. The molecule has 0 aliphatic heterocycles. The third kappa shape index (κ3) is 4.16. The molecule has 0 aliphatic rings. The Balaban J connectivity index is 3.25. The van der Waals surface area contributed by atoms with E-state index in [0.29, 0.717) is 17.6 Å². The fourth-order valence-corrected chi connectivity index (χ4v) is 2.82. The van der Waals surface area contributed by atoms with E-state index in [-0.39, 0.29) is 6.61 Å². The third-order valence-electron chi connectivity index (χ3n) is 3.26. The van der Waals surface area contributed by atoms with Crippen LogP contribution in [0.2, 0.25) is 0 Å². The maximum Gasteiger partial charge on any atom is 0.106 e. The average molecular weight is 345 g/mol. The quantitative estimate of drug-likeness (QED) is 0.746. The van der Waals surface area contributed by atoms with Gasteiger partial charge in [0.25, 0.3) is 0 Å². The number of nitrogens with two attached hydrogens (primary N) is 1. The van der Waals surface area contributed by atoms with E-state index < -0.39 is 0 Å². The molecular formula is C14H21BrN2OS. The number of aliphatic hydroxyl groups is 1. The molecule has 0 aromatic heterocycles. The third-order valence-corrected chi connectivity index (χ3v) is 3.97. The van der Waals surface area contributed by atoms with E-state index in [2.05, 4.69) is 34.7 Å². The lowest BCUT2D eigenvalue weighted by Crippen LogP contribution is -2.38. The first-order valence-corrected chi connectivity index (χ1v) is 7.72. The van der Waals surface area contributed by atoms with Crippen molar-refractivity contribution in [3.05, 3.63) is 28.2 Å². The van der Waals surface area contributed by atoms with Crippen molar-refractivity contribution >= 4 is 38.8 Å². The Morgan fingerprint density at radius 3 is 2.53 bits per heavy atom. The van der Waals surface area contributed by atoms with Crippen molar-refractivity contribution in [2.24, 2.45) is 5.73 Å². The predicted molar refractivity (Wildman–Crippen MR) is 88.8 cm³/mol. The molecular weight excluding hydrogens is 324 g/mol. The summed E-state index contributed by atoms with van der Waals surface area (Å²) in [6.07, 6.45) is 2.03. The van der Waals surface area contributed by atoms with Gasteiger partial charge in [0.1, 0.15) is 4.99 Å². The highest BCUT2D eigenvalue weighted by Crippen LogP contribution is 2.27. The van der Waals surface area contributed by atoms with Gasteiger partial charge in [-0.1, -0.05) is 42.0 Å². The number of nitrogens with zero attached hydrogens (tertiary/aromatic N) is 1. The Morgan fingerprint density at radius 1 is 1.42 bits per heavy atom. The van der Waals surface area contributed by atoms with Gasteiger partial charge in [-0.05, 0) is 31.0 Å². The van der Waals surface area contributed by atoms with E-state index in [4.69, 9.17) is 18.0 Å². The van der Waals surface area contributed by atoms with E-state index >= 15 is 0 Å². The first-order chi connectivity index (χ1) is 9.04. The normalized spacial score (nSPS) is 10.8. The summed E-state index contributed by atoms with van der Waals surface area (Å²) in [4.78, 5) is 2.58. The van der Waals surface area contributed by atoms with E-state index in [1.807, 2.05) is 18.2 Å². The lowest BCUT2D eigenvalue weighted by molar-refractivity contribution is 0.296. The molecule has 0 spiro atoms. The highest BCUT2D eigenvalue weighted by atomic mass is 79.9. The SMILES string of the molecule is CCC(CC)N(CCO)c1ccc(Br)cc1C(N)=S. The monoisotopic (exact) mass is 344 g/mol. The summed E-state index contributed by atoms with van der Waals surface area (Å²) < 4.78 is 0.951. The minimum absolute atomic E-state index is 0.114. The van der Waals surface area contributed by atoms with Crippen LogP contribution in [0.5, 0.6) is 0 Å². The molecule has 0 saturated heterocycles. The van der Waals surface area contributed by atoms with Crippen LogP contribution >= 0.6 is 28.1 Å². The first-order valence-electron chi connectivity index (χ1n) is 6.51. The summed E-state index contributed by atoms with van der Waals surface area (Å²) in [6.45, 7) is 5.00. The summed E-state index contributed by atoms with van der Waals surface area (Å²) in [5.41, 5.74) is 7.67. The van der Waals surface area contributed by atoms with Gasteiger partial charge in [0.2, 0.25) is 0 Å². The zero-order valence-electron chi connectivity index (χ0n) is 11.4. The van der Waals surface area contributed by atoms with Gasteiger partial charge in [-0.25, -0.2) is 0 Å². The Kier molecular flexibility index (Phi) is 6.75. The lowest BCUT2D eigenvalue weighted by Gasteiger charge is -2.33. The topological polar surface area (TPSA) is 49.5 Å². The van der Waals surface area contributed by atoms with Crippen molar-refractivity contribution in [1.29, 1.82) is 0 Å². The van der Waals surface area contributed by atoms with Crippen LogP contribution in [-0.4, -0.2) is 29.3 Å². The zero-order valence-corrected chi connectivity index (χ0v) is 13.8. The highest BCUT2D eigenvalue weighted by Gasteiger charge is 2.19. The van der Waals surface area contributed by atoms with Crippen molar-refractivity contribution in [3.63, 3.8) is 0 Å². The van der Waals surface area contributed by atoms with Crippen molar-refractivity contribution in [2.75, 3.05) is 18.1 Å². The largest absolute Gasteiger partial charge is 0.395 e. The second kappa shape index (κ2) is 7.82. The Morgan fingerprint density at radius 2 is 2.05 bits per heavy atom. The zero-order chi connectivity index (χ0) is 14.4. The molecule has 0 fully saturated rings.